The third-order valence-corrected chi connectivity index (χ3v) is 2.44. The number of pyridine rings is 2. The van der Waals surface area contributed by atoms with E-state index in [1.165, 1.54) is 11.6 Å². The largest absolute Gasteiger partial charge is 0.477 e. The molecule has 0 bridgehead atoms. The quantitative estimate of drug-likeness (QED) is 0.838. The van der Waals surface area contributed by atoms with E-state index in [1.54, 1.807) is 24.5 Å². The lowest BCUT2D eigenvalue weighted by Gasteiger charge is -2.06. The molecule has 0 aromatic carbocycles. The number of nitrogens with one attached hydrogen (secondary N) is 1. The molecule has 0 aliphatic carbocycles. The fourth-order valence-electron chi connectivity index (χ4n) is 1.54. The second-order valence-electron chi connectivity index (χ2n) is 3.75. The predicted octanol–water partition coefficient (Wildman–Crippen LogP) is 1.83. The average Bonchev–Trinajstić information content (AvgIpc) is 2.40. The Balaban J connectivity index is 1.90. The molecule has 5 nitrogen and oxygen atoms in total. The van der Waals surface area contributed by atoms with E-state index in [4.69, 9.17) is 5.11 Å². The Bertz CT molecular complexity index is 529. The Kier molecular flexibility index (Phi) is 3.86. The van der Waals surface area contributed by atoms with Gasteiger partial charge >= 0.3 is 5.97 Å². The van der Waals surface area contributed by atoms with E-state index < -0.39 is 5.97 Å². The van der Waals surface area contributed by atoms with E-state index in [0.717, 1.165) is 6.42 Å². The van der Waals surface area contributed by atoms with Crippen molar-refractivity contribution in [2.75, 3.05) is 11.9 Å². The molecule has 0 aliphatic rings. The Morgan fingerprint density at radius 2 is 2.00 bits per heavy atom. The van der Waals surface area contributed by atoms with Gasteiger partial charge in [0.05, 0.1) is 0 Å². The van der Waals surface area contributed by atoms with Crippen LogP contribution in [-0.4, -0.2) is 27.6 Å². The molecule has 0 spiro atoms. The van der Waals surface area contributed by atoms with Gasteiger partial charge in [-0.1, -0.05) is 6.07 Å². The highest BCUT2D eigenvalue weighted by molar-refractivity contribution is 5.85. The molecule has 0 atom stereocenters. The molecule has 5 heteroatoms. The van der Waals surface area contributed by atoms with Crippen LogP contribution < -0.4 is 5.32 Å². The van der Waals surface area contributed by atoms with Crippen LogP contribution in [0.25, 0.3) is 0 Å². The highest BCUT2D eigenvalue weighted by Crippen LogP contribution is 2.05. The lowest BCUT2D eigenvalue weighted by Crippen LogP contribution is -2.08. The van der Waals surface area contributed by atoms with Gasteiger partial charge in [0.2, 0.25) is 0 Å². The number of rotatable bonds is 5. The van der Waals surface area contributed by atoms with Crippen molar-refractivity contribution in [1.82, 2.24) is 9.97 Å². The molecule has 0 fully saturated rings. The first-order chi connectivity index (χ1) is 8.75. The summed E-state index contributed by atoms with van der Waals surface area (Å²) in [7, 11) is 0. The van der Waals surface area contributed by atoms with Crippen LogP contribution in [-0.2, 0) is 6.42 Å². The molecule has 2 heterocycles. The fraction of sp³-hybridized carbons (Fsp3) is 0.154. The molecule has 0 saturated heterocycles. The van der Waals surface area contributed by atoms with Gasteiger partial charge in [0, 0.05) is 18.9 Å². The number of carbonyl (C=O) groups is 1. The predicted molar refractivity (Wildman–Crippen MR) is 67.6 cm³/mol. The van der Waals surface area contributed by atoms with Crippen molar-refractivity contribution >= 4 is 11.8 Å². The van der Waals surface area contributed by atoms with E-state index in [9.17, 15) is 4.79 Å². The molecule has 0 aliphatic heterocycles. The summed E-state index contributed by atoms with van der Waals surface area (Å²) in [6.45, 7) is 0.695. The minimum atomic E-state index is -1.02. The molecule has 0 amide bonds. The van der Waals surface area contributed by atoms with Gasteiger partial charge in [-0.3, -0.25) is 4.98 Å². The van der Waals surface area contributed by atoms with Gasteiger partial charge in [0.1, 0.15) is 5.82 Å². The maximum atomic E-state index is 10.8. The smallest absolute Gasteiger partial charge is 0.354 e. The Morgan fingerprint density at radius 1 is 1.22 bits per heavy atom. The maximum Gasteiger partial charge on any atom is 0.354 e. The number of nitrogens with zero attached hydrogens (tertiary/aromatic N) is 2. The maximum absolute atomic E-state index is 10.8. The van der Waals surface area contributed by atoms with Crippen molar-refractivity contribution in [3.05, 3.63) is 54.0 Å². The molecule has 2 N–H and O–H groups in total. The number of aromatic nitrogens is 2. The molecule has 0 radical (unpaired) electrons. The van der Waals surface area contributed by atoms with E-state index in [-0.39, 0.29) is 5.69 Å². The normalized spacial score (nSPS) is 10.0. The van der Waals surface area contributed by atoms with E-state index >= 15 is 0 Å². The monoisotopic (exact) mass is 243 g/mol. The molecular formula is C13H13N3O2. The van der Waals surface area contributed by atoms with Gasteiger partial charge in [0.15, 0.2) is 5.69 Å². The highest BCUT2D eigenvalue weighted by Gasteiger charge is 2.04. The van der Waals surface area contributed by atoms with Gasteiger partial charge in [-0.2, -0.15) is 0 Å². The summed E-state index contributed by atoms with van der Waals surface area (Å²) in [5.41, 5.74) is 1.22. The van der Waals surface area contributed by atoms with E-state index in [2.05, 4.69) is 15.3 Å². The van der Waals surface area contributed by atoms with Crippen molar-refractivity contribution in [3.63, 3.8) is 0 Å². The molecular weight excluding hydrogens is 230 g/mol. The van der Waals surface area contributed by atoms with Crippen molar-refractivity contribution in [3.8, 4) is 0 Å². The standard InChI is InChI=1S/C13H13N3O2/c17-13(18)11-2-1-3-12(16-11)15-9-6-10-4-7-14-8-5-10/h1-5,7-8H,6,9H2,(H,15,16)(H,17,18). The van der Waals surface area contributed by atoms with Crippen LogP contribution in [0.3, 0.4) is 0 Å². The van der Waals surface area contributed by atoms with Crippen LogP contribution in [0.5, 0.6) is 0 Å². The summed E-state index contributed by atoms with van der Waals surface area (Å²) in [4.78, 5) is 18.7. The third-order valence-electron chi connectivity index (χ3n) is 2.44. The third kappa shape index (κ3) is 3.28. The number of carboxylic acids is 1. The summed E-state index contributed by atoms with van der Waals surface area (Å²) >= 11 is 0. The van der Waals surface area contributed by atoms with Gasteiger partial charge in [-0.15, -0.1) is 0 Å². The minimum Gasteiger partial charge on any atom is -0.477 e. The highest BCUT2D eigenvalue weighted by atomic mass is 16.4. The number of carboxylic acid groups (broad SMARTS) is 1. The topological polar surface area (TPSA) is 75.1 Å². The Hall–Kier alpha value is -2.43. The molecule has 0 unspecified atom stereocenters. The van der Waals surface area contributed by atoms with Crippen LogP contribution in [0.1, 0.15) is 16.1 Å². The van der Waals surface area contributed by atoms with Crippen LogP contribution in [0.4, 0.5) is 5.82 Å². The molecule has 0 saturated carbocycles. The van der Waals surface area contributed by atoms with Gasteiger partial charge in [-0.05, 0) is 36.2 Å². The average molecular weight is 243 g/mol. The number of anilines is 1. The Labute approximate surface area is 105 Å². The second-order valence-corrected chi connectivity index (χ2v) is 3.75. The summed E-state index contributed by atoms with van der Waals surface area (Å²) in [5.74, 6) is -0.447. The number of hydrogen-bond acceptors (Lipinski definition) is 4. The molecule has 92 valence electrons. The first kappa shape index (κ1) is 12.0. The lowest BCUT2D eigenvalue weighted by molar-refractivity contribution is 0.0690. The van der Waals surface area contributed by atoms with Crippen LogP contribution in [0, 0.1) is 0 Å². The van der Waals surface area contributed by atoms with Crippen LogP contribution in [0.2, 0.25) is 0 Å². The van der Waals surface area contributed by atoms with Gasteiger partial charge < -0.3 is 10.4 Å². The zero-order valence-corrected chi connectivity index (χ0v) is 9.71. The van der Waals surface area contributed by atoms with Gasteiger partial charge in [-0.25, -0.2) is 9.78 Å². The zero-order valence-electron chi connectivity index (χ0n) is 9.71. The van der Waals surface area contributed by atoms with Crippen LogP contribution >= 0.6 is 0 Å². The van der Waals surface area contributed by atoms with Crippen molar-refractivity contribution < 1.29 is 9.90 Å². The summed E-state index contributed by atoms with van der Waals surface area (Å²) in [6.07, 6.45) is 4.33. The fourth-order valence-corrected chi connectivity index (χ4v) is 1.54. The minimum absolute atomic E-state index is 0.0453. The van der Waals surface area contributed by atoms with Crippen molar-refractivity contribution in [2.45, 2.75) is 6.42 Å². The summed E-state index contributed by atoms with van der Waals surface area (Å²) < 4.78 is 0. The molecule has 2 aromatic rings. The summed E-state index contributed by atoms with van der Waals surface area (Å²) in [5, 5.41) is 11.9. The lowest BCUT2D eigenvalue weighted by atomic mass is 10.2. The number of hydrogen-bond donors (Lipinski definition) is 2. The van der Waals surface area contributed by atoms with E-state index in [1.807, 2.05) is 12.1 Å². The van der Waals surface area contributed by atoms with E-state index in [0.29, 0.717) is 12.4 Å². The molecule has 2 rings (SSSR count). The zero-order chi connectivity index (χ0) is 12.8. The SMILES string of the molecule is O=C(O)c1cccc(NCCc2ccncc2)n1. The van der Waals surface area contributed by atoms with Crippen molar-refractivity contribution in [2.24, 2.45) is 0 Å². The van der Waals surface area contributed by atoms with Crippen molar-refractivity contribution in [1.29, 1.82) is 0 Å². The van der Waals surface area contributed by atoms with Gasteiger partial charge in [0.25, 0.3) is 0 Å². The number of aromatic carboxylic acids is 1. The molecule has 2 aromatic heterocycles. The summed E-state index contributed by atoms with van der Waals surface area (Å²) in [6, 6.07) is 8.78. The first-order valence-electron chi connectivity index (χ1n) is 5.59. The molecule has 18 heavy (non-hydrogen) atoms. The van der Waals surface area contributed by atoms with Crippen LogP contribution in [0.15, 0.2) is 42.7 Å². The Morgan fingerprint density at radius 3 is 2.72 bits per heavy atom. The first-order valence-corrected chi connectivity index (χ1v) is 5.59. The second kappa shape index (κ2) is 5.77.